The van der Waals surface area contributed by atoms with Crippen LogP contribution in [0.2, 0.25) is 11.6 Å². The highest BCUT2D eigenvalue weighted by atomic mass is 15.3. The Bertz CT molecular complexity index is 2470. The van der Waals surface area contributed by atoms with Crippen LogP contribution in [0, 0.1) is 11.8 Å². The highest BCUT2D eigenvalue weighted by molar-refractivity contribution is 6.82. The van der Waals surface area contributed by atoms with Crippen LogP contribution >= 0.6 is 0 Å². The monoisotopic (exact) mass is 775 g/mol. The van der Waals surface area contributed by atoms with Crippen LogP contribution in [0.3, 0.4) is 0 Å². The topological polar surface area (TPSA) is 61.2 Å². The van der Waals surface area contributed by atoms with Crippen molar-refractivity contribution in [2.45, 2.75) is 124 Å². The van der Waals surface area contributed by atoms with Gasteiger partial charge < -0.3 is 25.0 Å². The summed E-state index contributed by atoms with van der Waals surface area (Å²) in [7, 11) is 0. The molecule has 7 nitrogen and oxygen atoms in total. The quantitative estimate of drug-likeness (QED) is 0.160. The predicted octanol–water partition coefficient (Wildman–Crippen LogP) is 9.37. The van der Waals surface area contributed by atoms with Gasteiger partial charge in [-0.25, -0.2) is 9.97 Å². The van der Waals surface area contributed by atoms with E-state index in [-0.39, 0.29) is 5.92 Å². The maximum atomic E-state index is 5.09. The summed E-state index contributed by atoms with van der Waals surface area (Å²) in [4.78, 5) is 16.2. The normalized spacial score (nSPS) is 36.7. The van der Waals surface area contributed by atoms with Gasteiger partial charge in [-0.3, -0.25) is 0 Å². The van der Waals surface area contributed by atoms with Crippen molar-refractivity contribution in [1.29, 1.82) is 0 Å². The van der Waals surface area contributed by atoms with Crippen LogP contribution in [0.1, 0.15) is 116 Å². The Balaban J connectivity index is 1.02. The molecular formula is C51H54BN7. The molecule has 10 aliphatic rings. The van der Waals surface area contributed by atoms with Crippen molar-refractivity contribution in [3.63, 3.8) is 0 Å². The van der Waals surface area contributed by atoms with Crippen LogP contribution in [0.4, 0.5) is 11.5 Å². The van der Waals surface area contributed by atoms with E-state index in [0.29, 0.717) is 72.4 Å². The molecule has 4 aliphatic carbocycles. The number of aromatic nitrogens is 3. The maximum Gasteiger partial charge on any atom is 0.191 e. The van der Waals surface area contributed by atoms with Crippen molar-refractivity contribution in [2.75, 3.05) is 18.0 Å². The molecule has 6 aliphatic heterocycles. The lowest BCUT2D eigenvalue weighted by molar-refractivity contribution is 0.0652. The molecule has 14 rings (SSSR count). The standard InChI is InChI=1S/C51H54BN7/c1-3-13-30(14-4-1)36-27-31-15-10-23-53-45(31)42-34-19-9-21-38-47(34)58(49(36)42)40-28-32(50-55-25-12-26-56-50)29-41-44(40)52(38)37-20-8-7-18-35-43-46-39(22-11-24-54-46)57(33-16-5-2-6-17-33)51(43)59(41)48(35)37/h1-6,8,12-14,16-18,20,25-26,31-32,34,36,38-41,44-47,53-54H,9-11,15,19,21-24,27-29H2. The lowest BCUT2D eigenvalue weighted by Crippen LogP contribution is -2.64. The van der Waals surface area contributed by atoms with Crippen molar-refractivity contribution >= 4 is 29.8 Å². The van der Waals surface area contributed by atoms with Gasteiger partial charge in [0.25, 0.3) is 0 Å². The maximum absolute atomic E-state index is 5.09. The van der Waals surface area contributed by atoms with Gasteiger partial charge in [-0.2, -0.15) is 0 Å². The zero-order valence-electron chi connectivity index (χ0n) is 34.0. The average Bonchev–Trinajstić information content (AvgIpc) is 3.88. The third-order valence-electron chi connectivity index (χ3n) is 17.5. The first-order valence-corrected chi connectivity index (χ1v) is 23.4. The van der Waals surface area contributed by atoms with E-state index in [9.17, 15) is 0 Å². The Kier molecular flexibility index (Phi) is 7.49. The largest absolute Gasteiger partial charge is 0.368 e. The third kappa shape index (κ3) is 4.64. The number of allylic oxidation sites excluding steroid dienone is 3. The fraction of sp³-hybridized carbons (Fsp3) is 0.471. The predicted molar refractivity (Wildman–Crippen MR) is 236 cm³/mol. The Hall–Kier alpha value is -4.62. The number of piperidine rings is 2. The number of nitrogens with zero attached hydrogens (tertiary/aromatic N) is 5. The molecule has 59 heavy (non-hydrogen) atoms. The molecule has 4 aromatic rings. The number of para-hydroxylation sites is 1. The first-order chi connectivity index (χ1) is 29.3. The first kappa shape index (κ1) is 34.1. The molecule has 12 unspecified atom stereocenters. The first-order valence-electron chi connectivity index (χ1n) is 23.4. The van der Waals surface area contributed by atoms with Crippen LogP contribution in [0.5, 0.6) is 0 Å². The molecule has 0 bridgehead atoms. The number of rotatable bonds is 3. The minimum Gasteiger partial charge on any atom is -0.368 e. The van der Waals surface area contributed by atoms with Gasteiger partial charge in [-0.05, 0) is 123 Å². The van der Waals surface area contributed by atoms with Crippen LogP contribution < -0.4 is 15.5 Å². The lowest BCUT2D eigenvalue weighted by atomic mass is 9.21. The minimum absolute atomic E-state index is 0.288. The molecule has 296 valence electrons. The van der Waals surface area contributed by atoms with Gasteiger partial charge in [-0.15, -0.1) is 5.73 Å². The second-order valence-electron chi connectivity index (χ2n) is 19.8. The van der Waals surface area contributed by atoms with E-state index in [2.05, 4.69) is 110 Å². The molecule has 5 fully saturated rings. The number of nitrogens with one attached hydrogen (secondary N) is 2. The number of hydrogen-bond acceptors (Lipinski definition) is 6. The second kappa shape index (κ2) is 12.9. The van der Waals surface area contributed by atoms with E-state index in [1.807, 2.05) is 24.0 Å². The van der Waals surface area contributed by atoms with Gasteiger partial charge >= 0.3 is 0 Å². The summed E-state index contributed by atoms with van der Waals surface area (Å²) in [5, 5.41) is 8.31. The summed E-state index contributed by atoms with van der Waals surface area (Å²) in [6.07, 6.45) is 23.7. The SMILES string of the molecule is C1=CC=C2B3C4CCCC5C6=C(C(c7ccccc7)CC7CCCNC67)N(C6CC(c7ncccn7)CC(C36)n3c2c(c2c3N(c3ccccc3)C3CCCNC23)C=1)C45. The summed E-state index contributed by atoms with van der Waals surface area (Å²) >= 11 is 0. The van der Waals surface area contributed by atoms with E-state index in [4.69, 9.17) is 9.97 Å². The van der Waals surface area contributed by atoms with Crippen LogP contribution in [-0.2, 0) is 0 Å². The van der Waals surface area contributed by atoms with Gasteiger partial charge in [0.1, 0.15) is 11.6 Å². The number of benzene rings is 2. The number of fused-ring (bicyclic) bond motifs is 13. The third-order valence-corrected chi connectivity index (χ3v) is 17.5. The minimum atomic E-state index is 0.288. The molecule has 8 heteroatoms. The molecule has 8 heterocycles. The van der Waals surface area contributed by atoms with E-state index in [1.165, 1.54) is 85.3 Å². The van der Waals surface area contributed by atoms with Crippen molar-refractivity contribution < 1.29 is 0 Å². The number of hydrogen-bond donors (Lipinski definition) is 2. The van der Waals surface area contributed by atoms with E-state index in [0.717, 1.165) is 31.8 Å². The Morgan fingerprint density at radius 1 is 0.763 bits per heavy atom. The fourth-order valence-corrected chi connectivity index (χ4v) is 15.8. The summed E-state index contributed by atoms with van der Waals surface area (Å²) < 4.78 is 2.95. The lowest BCUT2D eigenvalue weighted by Gasteiger charge is -2.62. The Labute approximate surface area is 348 Å². The molecular weight excluding hydrogens is 721 g/mol. The van der Waals surface area contributed by atoms with Crippen molar-refractivity contribution in [3.05, 3.63) is 136 Å². The Morgan fingerprint density at radius 3 is 2.42 bits per heavy atom. The summed E-state index contributed by atoms with van der Waals surface area (Å²) in [6, 6.07) is 27.6. The van der Waals surface area contributed by atoms with Crippen molar-refractivity contribution in [2.24, 2.45) is 11.8 Å². The second-order valence-corrected chi connectivity index (χ2v) is 19.8. The van der Waals surface area contributed by atoms with Crippen molar-refractivity contribution in [1.82, 2.24) is 30.1 Å². The van der Waals surface area contributed by atoms with Gasteiger partial charge in [0, 0.05) is 82.5 Å². The summed E-state index contributed by atoms with van der Waals surface area (Å²) in [5.41, 5.74) is 16.3. The molecule has 2 saturated carbocycles. The van der Waals surface area contributed by atoms with Gasteiger partial charge in [0.2, 0.25) is 0 Å². The zero-order valence-corrected chi connectivity index (χ0v) is 34.0. The zero-order chi connectivity index (χ0) is 38.3. The van der Waals surface area contributed by atoms with Crippen LogP contribution in [0.15, 0.2) is 108 Å². The molecule has 0 spiro atoms. The molecule has 12 atom stereocenters. The van der Waals surface area contributed by atoms with E-state index in [1.54, 1.807) is 11.2 Å². The van der Waals surface area contributed by atoms with Crippen molar-refractivity contribution in [3.8, 4) is 0 Å². The van der Waals surface area contributed by atoms with Gasteiger partial charge in [-0.1, -0.05) is 72.9 Å². The van der Waals surface area contributed by atoms with E-state index < -0.39 is 0 Å². The van der Waals surface area contributed by atoms with Gasteiger partial charge in [0.15, 0.2) is 6.71 Å². The smallest absolute Gasteiger partial charge is 0.191 e. The average molecular weight is 776 g/mol. The molecule has 2 aromatic heterocycles. The summed E-state index contributed by atoms with van der Waals surface area (Å²) in [6.45, 7) is 2.75. The molecule has 2 N–H and O–H groups in total. The highest BCUT2D eigenvalue weighted by Gasteiger charge is 2.67. The Morgan fingerprint density at radius 2 is 1.56 bits per heavy atom. The fourth-order valence-electron chi connectivity index (χ4n) is 15.8. The van der Waals surface area contributed by atoms with Crippen LogP contribution in [0.25, 0.3) is 11.5 Å². The molecule has 0 radical (unpaired) electrons. The van der Waals surface area contributed by atoms with Gasteiger partial charge in [0.05, 0.1) is 12.1 Å². The highest BCUT2D eigenvalue weighted by Crippen LogP contribution is 2.70. The molecule has 3 saturated heterocycles. The van der Waals surface area contributed by atoms with Crippen LogP contribution in [-0.4, -0.2) is 63.4 Å². The summed E-state index contributed by atoms with van der Waals surface area (Å²) in [5.74, 6) is 5.70. The molecule has 2 aromatic carbocycles. The number of anilines is 2. The molecule has 0 amide bonds. The van der Waals surface area contributed by atoms with E-state index >= 15 is 0 Å².